The van der Waals surface area contributed by atoms with Gasteiger partial charge in [0.25, 0.3) is 0 Å². The van der Waals surface area contributed by atoms with Crippen LogP contribution in [0.3, 0.4) is 0 Å². The molecule has 0 saturated heterocycles. The molecule has 108 valence electrons. The zero-order chi connectivity index (χ0) is 14.0. The number of rotatable bonds is 9. The van der Waals surface area contributed by atoms with Crippen LogP contribution in [0, 0.1) is 0 Å². The van der Waals surface area contributed by atoms with Crippen molar-refractivity contribution in [2.75, 3.05) is 32.9 Å². The van der Waals surface area contributed by atoms with E-state index in [1.807, 2.05) is 37.3 Å². The van der Waals surface area contributed by atoms with E-state index in [-0.39, 0.29) is 0 Å². The molecule has 0 saturated carbocycles. The number of benzene rings is 1. The lowest BCUT2D eigenvalue weighted by Crippen LogP contribution is -2.23. The minimum atomic E-state index is 0.647. The van der Waals surface area contributed by atoms with Gasteiger partial charge in [-0.05, 0) is 32.0 Å². The fourth-order valence-electron chi connectivity index (χ4n) is 1.94. The lowest BCUT2D eigenvalue weighted by Gasteiger charge is -2.08. The first-order valence-corrected chi connectivity index (χ1v) is 7.16. The van der Waals surface area contributed by atoms with Crippen molar-refractivity contribution in [3.05, 3.63) is 36.5 Å². The van der Waals surface area contributed by atoms with Gasteiger partial charge in [-0.25, -0.2) is 0 Å². The maximum Gasteiger partial charge on any atom is 0.138 e. The van der Waals surface area contributed by atoms with Gasteiger partial charge in [-0.1, -0.05) is 18.2 Å². The molecule has 1 N–H and O–H groups in total. The van der Waals surface area contributed by atoms with Gasteiger partial charge in [-0.15, -0.1) is 0 Å². The summed E-state index contributed by atoms with van der Waals surface area (Å²) in [4.78, 5) is 4.37. The Morgan fingerprint density at radius 1 is 1.15 bits per heavy atom. The van der Waals surface area contributed by atoms with Gasteiger partial charge in [0.05, 0.1) is 11.7 Å². The molecule has 20 heavy (non-hydrogen) atoms. The second-order valence-corrected chi connectivity index (χ2v) is 4.51. The van der Waals surface area contributed by atoms with E-state index in [9.17, 15) is 0 Å². The predicted molar refractivity (Wildman–Crippen MR) is 81.2 cm³/mol. The third-order valence-electron chi connectivity index (χ3n) is 2.96. The third kappa shape index (κ3) is 4.79. The first-order chi connectivity index (χ1) is 9.90. The highest BCUT2D eigenvalue weighted by Gasteiger charge is 1.98. The topological polar surface area (TPSA) is 43.4 Å². The van der Waals surface area contributed by atoms with Crippen molar-refractivity contribution in [3.63, 3.8) is 0 Å². The van der Waals surface area contributed by atoms with E-state index in [4.69, 9.17) is 9.47 Å². The van der Waals surface area contributed by atoms with Crippen LogP contribution in [0.4, 0.5) is 0 Å². The van der Waals surface area contributed by atoms with E-state index in [0.29, 0.717) is 6.61 Å². The molecule has 0 spiro atoms. The van der Waals surface area contributed by atoms with E-state index >= 15 is 0 Å². The number of pyridine rings is 1. The summed E-state index contributed by atoms with van der Waals surface area (Å²) in [5.41, 5.74) is 0.994. The van der Waals surface area contributed by atoms with Crippen LogP contribution in [0.1, 0.15) is 13.3 Å². The summed E-state index contributed by atoms with van der Waals surface area (Å²) in [6.45, 7) is 6.06. The molecular weight excluding hydrogens is 252 g/mol. The Morgan fingerprint density at radius 2 is 2.05 bits per heavy atom. The van der Waals surface area contributed by atoms with Gasteiger partial charge < -0.3 is 14.8 Å². The SMILES string of the molecule is CCOCCCNCCOc1cnc2ccccc2c1. The maximum atomic E-state index is 5.69. The van der Waals surface area contributed by atoms with Crippen molar-refractivity contribution < 1.29 is 9.47 Å². The minimum absolute atomic E-state index is 0.647. The van der Waals surface area contributed by atoms with E-state index < -0.39 is 0 Å². The van der Waals surface area contributed by atoms with Crippen molar-refractivity contribution in [1.82, 2.24) is 10.3 Å². The molecule has 0 amide bonds. The summed E-state index contributed by atoms with van der Waals surface area (Å²) in [5, 5.41) is 4.43. The standard InChI is InChI=1S/C16H22N2O2/c1-2-19-10-5-8-17-9-11-20-15-12-14-6-3-4-7-16(14)18-13-15/h3-4,6-7,12-13,17H,2,5,8-11H2,1H3. The Morgan fingerprint density at radius 3 is 2.95 bits per heavy atom. The summed E-state index contributed by atoms with van der Waals surface area (Å²) >= 11 is 0. The van der Waals surface area contributed by atoms with Gasteiger partial charge in [0.15, 0.2) is 0 Å². The summed E-state index contributed by atoms with van der Waals surface area (Å²) in [6.07, 6.45) is 2.81. The van der Waals surface area contributed by atoms with Crippen LogP contribution < -0.4 is 10.1 Å². The summed E-state index contributed by atoms with van der Waals surface area (Å²) in [6, 6.07) is 10.1. The van der Waals surface area contributed by atoms with E-state index in [0.717, 1.165) is 49.4 Å². The zero-order valence-electron chi connectivity index (χ0n) is 12.0. The van der Waals surface area contributed by atoms with Gasteiger partial charge >= 0.3 is 0 Å². The quantitative estimate of drug-likeness (QED) is 0.714. The molecule has 2 rings (SSSR count). The maximum absolute atomic E-state index is 5.69. The molecule has 1 heterocycles. The average molecular weight is 274 g/mol. The smallest absolute Gasteiger partial charge is 0.138 e. The fourth-order valence-corrected chi connectivity index (χ4v) is 1.94. The molecule has 0 aliphatic heterocycles. The predicted octanol–water partition coefficient (Wildman–Crippen LogP) is 2.63. The molecule has 0 unspecified atom stereocenters. The number of nitrogens with zero attached hydrogens (tertiary/aromatic N) is 1. The Hall–Kier alpha value is -1.65. The molecule has 0 radical (unpaired) electrons. The number of hydrogen-bond acceptors (Lipinski definition) is 4. The largest absolute Gasteiger partial charge is 0.491 e. The number of hydrogen-bond donors (Lipinski definition) is 1. The van der Waals surface area contributed by atoms with Crippen LogP contribution in [-0.2, 0) is 4.74 Å². The molecule has 0 fully saturated rings. The van der Waals surface area contributed by atoms with Gasteiger partial charge in [-0.3, -0.25) is 4.98 Å². The molecule has 0 bridgehead atoms. The van der Waals surface area contributed by atoms with Crippen molar-refractivity contribution in [2.24, 2.45) is 0 Å². The molecule has 0 aliphatic rings. The molecular formula is C16H22N2O2. The van der Waals surface area contributed by atoms with Gasteiger partial charge in [0, 0.05) is 25.1 Å². The van der Waals surface area contributed by atoms with Crippen LogP contribution in [0.2, 0.25) is 0 Å². The monoisotopic (exact) mass is 274 g/mol. The van der Waals surface area contributed by atoms with Crippen LogP contribution >= 0.6 is 0 Å². The Balaban J connectivity index is 1.65. The van der Waals surface area contributed by atoms with E-state index in [1.54, 1.807) is 6.20 Å². The Kier molecular flexibility index (Phi) is 6.27. The highest BCUT2D eigenvalue weighted by molar-refractivity contribution is 5.79. The Labute approximate surface area is 120 Å². The summed E-state index contributed by atoms with van der Waals surface area (Å²) in [7, 11) is 0. The molecule has 0 aliphatic carbocycles. The number of nitrogens with one attached hydrogen (secondary N) is 1. The molecule has 0 atom stereocenters. The second kappa shape index (κ2) is 8.51. The molecule has 4 heteroatoms. The fraction of sp³-hybridized carbons (Fsp3) is 0.438. The second-order valence-electron chi connectivity index (χ2n) is 4.51. The van der Waals surface area contributed by atoms with Crippen LogP contribution in [0.5, 0.6) is 5.75 Å². The third-order valence-corrected chi connectivity index (χ3v) is 2.96. The van der Waals surface area contributed by atoms with Gasteiger partial charge in [0.2, 0.25) is 0 Å². The Bertz CT molecular complexity index is 517. The highest BCUT2D eigenvalue weighted by Crippen LogP contribution is 2.17. The lowest BCUT2D eigenvalue weighted by molar-refractivity contribution is 0.144. The normalized spacial score (nSPS) is 10.8. The van der Waals surface area contributed by atoms with Crippen LogP contribution in [-0.4, -0.2) is 37.9 Å². The van der Waals surface area contributed by atoms with E-state index in [2.05, 4.69) is 10.3 Å². The number of aromatic nitrogens is 1. The highest BCUT2D eigenvalue weighted by atomic mass is 16.5. The van der Waals surface area contributed by atoms with Gasteiger partial charge in [-0.2, -0.15) is 0 Å². The molecule has 4 nitrogen and oxygen atoms in total. The first kappa shape index (κ1) is 14.8. The summed E-state index contributed by atoms with van der Waals surface area (Å²) < 4.78 is 11.0. The van der Waals surface area contributed by atoms with Gasteiger partial charge in [0.1, 0.15) is 12.4 Å². The molecule has 1 aromatic heterocycles. The van der Waals surface area contributed by atoms with Crippen molar-refractivity contribution in [3.8, 4) is 5.75 Å². The minimum Gasteiger partial charge on any atom is -0.491 e. The number of fused-ring (bicyclic) bond motifs is 1. The lowest BCUT2D eigenvalue weighted by atomic mass is 10.2. The van der Waals surface area contributed by atoms with E-state index in [1.165, 1.54) is 0 Å². The first-order valence-electron chi connectivity index (χ1n) is 7.16. The zero-order valence-corrected chi connectivity index (χ0v) is 12.0. The average Bonchev–Trinajstić information content (AvgIpc) is 2.50. The van der Waals surface area contributed by atoms with Crippen LogP contribution in [0.15, 0.2) is 36.5 Å². The van der Waals surface area contributed by atoms with Crippen molar-refractivity contribution >= 4 is 10.9 Å². The van der Waals surface area contributed by atoms with Crippen LogP contribution in [0.25, 0.3) is 10.9 Å². The number of para-hydroxylation sites is 1. The molecule has 1 aromatic carbocycles. The van der Waals surface area contributed by atoms with Crippen molar-refractivity contribution in [2.45, 2.75) is 13.3 Å². The van der Waals surface area contributed by atoms with Crippen molar-refractivity contribution in [1.29, 1.82) is 0 Å². The molecule has 2 aromatic rings. The number of ether oxygens (including phenoxy) is 2. The summed E-state index contributed by atoms with van der Waals surface area (Å²) in [5.74, 6) is 0.819.